The Bertz CT molecular complexity index is 903. The highest BCUT2D eigenvalue weighted by Crippen LogP contribution is 2.27. The molecule has 3 aromatic rings. The van der Waals surface area contributed by atoms with E-state index in [1.165, 1.54) is 0 Å². The highest BCUT2D eigenvalue weighted by molar-refractivity contribution is 5.98. The summed E-state index contributed by atoms with van der Waals surface area (Å²) in [5, 5.41) is 9.31. The van der Waals surface area contributed by atoms with Crippen LogP contribution in [0.3, 0.4) is 0 Å². The number of carbonyl (C=O) groups is 1. The number of hydrogen-bond donors (Lipinski definition) is 0. The molecule has 3 heterocycles. The first-order valence-electron chi connectivity index (χ1n) is 8.78. The maximum Gasteiger partial charge on any atom is 0.253 e. The summed E-state index contributed by atoms with van der Waals surface area (Å²) in [6.45, 7) is 4.43. The topological polar surface area (TPSA) is 63.9 Å². The highest BCUT2D eigenvalue weighted by Gasteiger charge is 2.28. The Morgan fingerprint density at radius 2 is 2.24 bits per heavy atom. The fourth-order valence-corrected chi connectivity index (χ4v) is 3.59. The molecular formula is C19H21N5O. The molecule has 0 saturated carbocycles. The van der Waals surface area contributed by atoms with Crippen LogP contribution < -0.4 is 0 Å². The van der Waals surface area contributed by atoms with Gasteiger partial charge in [0.15, 0.2) is 0 Å². The van der Waals surface area contributed by atoms with E-state index in [-0.39, 0.29) is 11.8 Å². The zero-order valence-corrected chi connectivity index (χ0v) is 14.3. The predicted molar refractivity (Wildman–Crippen MR) is 95.3 cm³/mol. The van der Waals surface area contributed by atoms with E-state index in [1.807, 2.05) is 35.2 Å². The van der Waals surface area contributed by atoms with Crippen LogP contribution in [0.2, 0.25) is 0 Å². The number of nitrogens with zero attached hydrogens (tertiary/aromatic N) is 5. The van der Waals surface area contributed by atoms with E-state index >= 15 is 0 Å². The summed E-state index contributed by atoms with van der Waals surface area (Å²) in [7, 11) is 0. The van der Waals surface area contributed by atoms with Gasteiger partial charge >= 0.3 is 0 Å². The van der Waals surface area contributed by atoms with Crippen LogP contribution in [0.5, 0.6) is 0 Å². The van der Waals surface area contributed by atoms with Crippen molar-refractivity contribution in [1.82, 2.24) is 24.6 Å². The maximum absolute atomic E-state index is 13.0. The summed E-state index contributed by atoms with van der Waals surface area (Å²) in [5.41, 5.74) is 1.63. The van der Waals surface area contributed by atoms with Crippen LogP contribution in [0.25, 0.3) is 10.9 Å². The predicted octanol–water partition coefficient (Wildman–Crippen LogP) is 2.87. The summed E-state index contributed by atoms with van der Waals surface area (Å²) in [6.07, 6.45) is 5.57. The van der Waals surface area contributed by atoms with Gasteiger partial charge in [0, 0.05) is 42.7 Å². The molecule has 0 radical (unpaired) electrons. The molecule has 0 N–H and O–H groups in total. The van der Waals surface area contributed by atoms with Gasteiger partial charge in [-0.3, -0.25) is 9.78 Å². The van der Waals surface area contributed by atoms with Gasteiger partial charge in [0.2, 0.25) is 0 Å². The summed E-state index contributed by atoms with van der Waals surface area (Å²) < 4.78 is 2.07. The van der Waals surface area contributed by atoms with Crippen LogP contribution >= 0.6 is 0 Å². The van der Waals surface area contributed by atoms with Crippen molar-refractivity contribution in [2.24, 2.45) is 0 Å². The van der Waals surface area contributed by atoms with Crippen molar-refractivity contribution < 1.29 is 4.79 Å². The Balaban J connectivity index is 1.56. The van der Waals surface area contributed by atoms with Crippen LogP contribution in [0, 0.1) is 0 Å². The van der Waals surface area contributed by atoms with Gasteiger partial charge in [0.05, 0.1) is 5.52 Å². The van der Waals surface area contributed by atoms with Gasteiger partial charge in [0.25, 0.3) is 5.91 Å². The molecule has 6 nitrogen and oxygen atoms in total. The van der Waals surface area contributed by atoms with E-state index in [9.17, 15) is 4.79 Å². The lowest BCUT2D eigenvalue weighted by Crippen LogP contribution is -2.39. The fourth-order valence-electron chi connectivity index (χ4n) is 3.59. The van der Waals surface area contributed by atoms with Crippen molar-refractivity contribution in [1.29, 1.82) is 0 Å². The van der Waals surface area contributed by atoms with Gasteiger partial charge < -0.3 is 9.47 Å². The third-order valence-corrected chi connectivity index (χ3v) is 4.91. The van der Waals surface area contributed by atoms with Crippen molar-refractivity contribution in [2.45, 2.75) is 32.2 Å². The number of aryl methyl sites for hydroxylation is 1. The van der Waals surface area contributed by atoms with E-state index in [1.54, 1.807) is 12.5 Å². The summed E-state index contributed by atoms with van der Waals surface area (Å²) in [6, 6.07) is 9.60. The monoisotopic (exact) mass is 335 g/mol. The van der Waals surface area contributed by atoms with Crippen LogP contribution in [-0.4, -0.2) is 43.6 Å². The van der Waals surface area contributed by atoms with Gasteiger partial charge in [-0.1, -0.05) is 6.07 Å². The minimum Gasteiger partial charge on any atom is -0.338 e. The number of rotatable bonds is 3. The summed E-state index contributed by atoms with van der Waals surface area (Å²) >= 11 is 0. The molecule has 4 rings (SSSR count). The first-order chi connectivity index (χ1) is 12.3. The van der Waals surface area contributed by atoms with Gasteiger partial charge in [-0.2, -0.15) is 0 Å². The smallest absolute Gasteiger partial charge is 0.253 e. The van der Waals surface area contributed by atoms with Crippen molar-refractivity contribution in [2.75, 3.05) is 13.1 Å². The average Bonchev–Trinajstić information content (AvgIpc) is 3.16. The largest absolute Gasteiger partial charge is 0.338 e. The molecule has 1 aromatic carbocycles. The zero-order chi connectivity index (χ0) is 17.2. The lowest BCUT2D eigenvalue weighted by molar-refractivity contribution is 0.0703. The van der Waals surface area contributed by atoms with Crippen molar-refractivity contribution in [3.05, 3.63) is 54.2 Å². The second-order valence-electron chi connectivity index (χ2n) is 6.48. The maximum atomic E-state index is 13.0. The van der Waals surface area contributed by atoms with Crippen molar-refractivity contribution >= 4 is 16.8 Å². The molecule has 0 aliphatic carbocycles. The number of benzene rings is 1. The Kier molecular flexibility index (Phi) is 4.17. The normalized spacial score (nSPS) is 17.8. The average molecular weight is 335 g/mol. The van der Waals surface area contributed by atoms with Gasteiger partial charge in [0.1, 0.15) is 12.2 Å². The molecule has 1 unspecified atom stereocenters. The van der Waals surface area contributed by atoms with E-state index in [4.69, 9.17) is 0 Å². The highest BCUT2D eigenvalue weighted by atomic mass is 16.2. The number of hydrogen-bond acceptors (Lipinski definition) is 4. The molecule has 1 fully saturated rings. The number of fused-ring (bicyclic) bond motifs is 1. The number of aromatic nitrogens is 4. The number of pyridine rings is 1. The van der Waals surface area contributed by atoms with E-state index in [2.05, 4.69) is 26.7 Å². The van der Waals surface area contributed by atoms with Gasteiger partial charge in [-0.05, 0) is 44.0 Å². The minimum atomic E-state index is 0.0815. The Hall–Kier alpha value is -2.76. The van der Waals surface area contributed by atoms with E-state index in [0.29, 0.717) is 6.54 Å². The Morgan fingerprint density at radius 3 is 3.12 bits per heavy atom. The summed E-state index contributed by atoms with van der Waals surface area (Å²) in [5.74, 6) is 1.32. The molecule has 0 bridgehead atoms. The number of amides is 1. The van der Waals surface area contributed by atoms with E-state index < -0.39 is 0 Å². The van der Waals surface area contributed by atoms with Gasteiger partial charge in [-0.25, -0.2) is 0 Å². The zero-order valence-electron chi connectivity index (χ0n) is 14.3. The van der Waals surface area contributed by atoms with Crippen LogP contribution in [0.15, 0.2) is 42.9 Å². The molecule has 1 saturated heterocycles. The Morgan fingerprint density at radius 1 is 1.32 bits per heavy atom. The molecule has 1 amide bonds. The lowest BCUT2D eigenvalue weighted by atomic mass is 9.96. The van der Waals surface area contributed by atoms with Crippen molar-refractivity contribution in [3.63, 3.8) is 0 Å². The molecule has 1 aliphatic rings. The van der Waals surface area contributed by atoms with E-state index in [0.717, 1.165) is 48.2 Å². The fraction of sp³-hybridized carbons (Fsp3) is 0.368. The molecule has 0 spiro atoms. The third-order valence-electron chi connectivity index (χ3n) is 4.91. The third kappa shape index (κ3) is 2.99. The first-order valence-corrected chi connectivity index (χ1v) is 8.78. The first kappa shape index (κ1) is 15.7. The SMILES string of the molecule is CCn1cnnc1C1CCCN(C(=O)c2ccc3ncccc3c2)C1. The molecule has 6 heteroatoms. The molecule has 128 valence electrons. The minimum absolute atomic E-state index is 0.0815. The second-order valence-corrected chi connectivity index (χ2v) is 6.48. The standard InChI is InChI=1S/C19H21N5O/c1-2-23-13-21-22-18(23)16-6-4-10-24(12-16)19(25)15-7-8-17-14(11-15)5-3-9-20-17/h3,5,7-9,11,13,16H,2,4,6,10,12H2,1H3. The molecular weight excluding hydrogens is 314 g/mol. The van der Waals surface area contributed by atoms with Gasteiger partial charge in [-0.15, -0.1) is 10.2 Å². The Labute approximate surface area is 146 Å². The number of carbonyl (C=O) groups excluding carboxylic acids is 1. The lowest BCUT2D eigenvalue weighted by Gasteiger charge is -2.32. The quantitative estimate of drug-likeness (QED) is 0.738. The van der Waals surface area contributed by atoms with Crippen LogP contribution in [0.4, 0.5) is 0 Å². The molecule has 1 atom stereocenters. The van der Waals surface area contributed by atoms with Crippen LogP contribution in [0.1, 0.15) is 41.9 Å². The van der Waals surface area contributed by atoms with Crippen LogP contribution in [-0.2, 0) is 6.54 Å². The second kappa shape index (κ2) is 6.63. The molecule has 2 aromatic heterocycles. The molecule has 1 aliphatic heterocycles. The number of piperidine rings is 1. The number of likely N-dealkylation sites (tertiary alicyclic amines) is 1. The van der Waals surface area contributed by atoms with Crippen molar-refractivity contribution in [3.8, 4) is 0 Å². The molecule has 25 heavy (non-hydrogen) atoms. The summed E-state index contributed by atoms with van der Waals surface area (Å²) in [4.78, 5) is 19.2.